The second-order valence-electron chi connectivity index (χ2n) is 4.12. The molecule has 0 saturated carbocycles. The minimum Gasteiger partial charge on any atom is -0.368 e. The third kappa shape index (κ3) is 2.02. The number of hydrogen-bond acceptors (Lipinski definition) is 2. The smallest absolute Gasteiger partial charge is 0.238 e. The molecule has 0 aromatic heterocycles. The molecular formula is C12H16N2O. The third-order valence-electron chi connectivity index (χ3n) is 3.04. The molecule has 1 unspecified atom stereocenters. The van der Waals surface area contributed by atoms with Crippen LogP contribution >= 0.6 is 0 Å². The van der Waals surface area contributed by atoms with Gasteiger partial charge in [-0.2, -0.15) is 0 Å². The predicted molar refractivity (Wildman–Crippen MR) is 59.2 cm³/mol. The van der Waals surface area contributed by atoms with Crippen LogP contribution < -0.4 is 11.5 Å². The molecule has 15 heavy (non-hydrogen) atoms. The molecule has 0 saturated heterocycles. The molecule has 1 aliphatic rings. The van der Waals surface area contributed by atoms with Gasteiger partial charge in [-0.05, 0) is 42.4 Å². The van der Waals surface area contributed by atoms with Crippen LogP contribution in [0.1, 0.15) is 35.6 Å². The number of carbonyl (C=O) groups excluding carboxylic acids is 1. The lowest BCUT2D eigenvalue weighted by Gasteiger charge is -2.17. The maximum Gasteiger partial charge on any atom is 0.238 e. The molecule has 2 rings (SSSR count). The number of carbonyl (C=O) groups is 1. The first kappa shape index (κ1) is 10.2. The fourth-order valence-electron chi connectivity index (χ4n) is 2.11. The van der Waals surface area contributed by atoms with Crippen molar-refractivity contribution in [2.75, 3.05) is 0 Å². The zero-order valence-corrected chi connectivity index (χ0v) is 8.70. The molecule has 4 N–H and O–H groups in total. The minimum atomic E-state index is -0.669. The fraction of sp³-hybridized carbons (Fsp3) is 0.417. The summed E-state index contributed by atoms with van der Waals surface area (Å²) in [6.07, 6.45) is 4.71. The molecule has 0 aliphatic heterocycles. The zero-order valence-electron chi connectivity index (χ0n) is 8.70. The lowest BCUT2D eigenvalue weighted by Crippen LogP contribution is -2.28. The van der Waals surface area contributed by atoms with Gasteiger partial charge in [-0.3, -0.25) is 4.79 Å². The van der Waals surface area contributed by atoms with Gasteiger partial charge in [-0.1, -0.05) is 18.2 Å². The molecule has 1 aliphatic carbocycles. The molecule has 0 spiro atoms. The SMILES string of the molecule is NC(=O)C(N)c1ccc2c(c1)CCCC2. The molecule has 0 heterocycles. The first-order valence-electron chi connectivity index (χ1n) is 5.35. The third-order valence-corrected chi connectivity index (χ3v) is 3.04. The van der Waals surface area contributed by atoms with Crippen LogP contribution in [0.3, 0.4) is 0 Å². The Morgan fingerprint density at radius 2 is 1.87 bits per heavy atom. The number of benzene rings is 1. The van der Waals surface area contributed by atoms with Crippen molar-refractivity contribution in [3.05, 3.63) is 34.9 Å². The minimum absolute atomic E-state index is 0.467. The highest BCUT2D eigenvalue weighted by Crippen LogP contribution is 2.24. The van der Waals surface area contributed by atoms with Crippen LogP contribution in [0, 0.1) is 0 Å². The fourth-order valence-corrected chi connectivity index (χ4v) is 2.11. The van der Waals surface area contributed by atoms with Gasteiger partial charge in [0.25, 0.3) is 0 Å². The van der Waals surface area contributed by atoms with E-state index in [2.05, 4.69) is 6.07 Å². The second kappa shape index (κ2) is 4.03. The van der Waals surface area contributed by atoms with E-state index in [1.54, 1.807) is 0 Å². The van der Waals surface area contributed by atoms with Gasteiger partial charge in [-0.25, -0.2) is 0 Å². The van der Waals surface area contributed by atoms with Gasteiger partial charge in [-0.15, -0.1) is 0 Å². The maximum absolute atomic E-state index is 11.0. The Balaban J connectivity index is 2.31. The normalized spacial score (nSPS) is 16.9. The van der Waals surface area contributed by atoms with Crippen molar-refractivity contribution in [3.8, 4) is 0 Å². The van der Waals surface area contributed by atoms with Crippen molar-refractivity contribution in [2.24, 2.45) is 11.5 Å². The molecule has 1 atom stereocenters. The van der Waals surface area contributed by atoms with Gasteiger partial charge >= 0.3 is 0 Å². The summed E-state index contributed by atoms with van der Waals surface area (Å²) >= 11 is 0. The molecule has 0 bridgehead atoms. The quantitative estimate of drug-likeness (QED) is 0.756. The number of fused-ring (bicyclic) bond motifs is 1. The standard InChI is InChI=1S/C12H16N2O/c13-11(12(14)15)10-6-5-8-3-1-2-4-9(8)7-10/h5-7,11H,1-4,13H2,(H2,14,15). The average molecular weight is 204 g/mol. The van der Waals surface area contributed by atoms with E-state index in [9.17, 15) is 4.79 Å². The van der Waals surface area contributed by atoms with E-state index in [-0.39, 0.29) is 0 Å². The van der Waals surface area contributed by atoms with Gasteiger partial charge in [0, 0.05) is 0 Å². The second-order valence-corrected chi connectivity index (χ2v) is 4.12. The highest BCUT2D eigenvalue weighted by molar-refractivity contribution is 5.81. The van der Waals surface area contributed by atoms with Crippen LogP contribution in [-0.2, 0) is 17.6 Å². The summed E-state index contributed by atoms with van der Waals surface area (Å²) in [5, 5.41) is 0. The lowest BCUT2D eigenvalue weighted by atomic mass is 9.89. The first-order valence-corrected chi connectivity index (χ1v) is 5.35. The number of primary amides is 1. The predicted octanol–water partition coefficient (Wildman–Crippen LogP) is 1.05. The van der Waals surface area contributed by atoms with Crippen molar-refractivity contribution < 1.29 is 4.79 Å². The highest BCUT2D eigenvalue weighted by atomic mass is 16.1. The number of nitrogens with two attached hydrogens (primary N) is 2. The largest absolute Gasteiger partial charge is 0.368 e. The molecule has 1 amide bonds. The Morgan fingerprint density at radius 3 is 2.53 bits per heavy atom. The van der Waals surface area contributed by atoms with E-state index in [0.29, 0.717) is 0 Å². The summed E-state index contributed by atoms with van der Waals surface area (Å²) in [4.78, 5) is 11.0. The molecule has 3 heteroatoms. The van der Waals surface area contributed by atoms with Crippen molar-refractivity contribution in [3.63, 3.8) is 0 Å². The highest BCUT2D eigenvalue weighted by Gasteiger charge is 2.15. The number of aryl methyl sites for hydroxylation is 2. The number of hydrogen-bond donors (Lipinski definition) is 2. The van der Waals surface area contributed by atoms with E-state index >= 15 is 0 Å². The number of rotatable bonds is 2. The Morgan fingerprint density at radius 1 is 1.20 bits per heavy atom. The molecule has 0 radical (unpaired) electrons. The monoisotopic (exact) mass is 204 g/mol. The summed E-state index contributed by atoms with van der Waals surface area (Å²) < 4.78 is 0. The summed E-state index contributed by atoms with van der Waals surface area (Å²) in [6.45, 7) is 0. The maximum atomic E-state index is 11.0. The molecule has 0 fully saturated rings. The van der Waals surface area contributed by atoms with Gasteiger partial charge in [0.2, 0.25) is 5.91 Å². The summed E-state index contributed by atoms with van der Waals surface area (Å²) in [5.74, 6) is -0.467. The lowest BCUT2D eigenvalue weighted by molar-refractivity contribution is -0.119. The van der Waals surface area contributed by atoms with Gasteiger partial charge < -0.3 is 11.5 Å². The zero-order chi connectivity index (χ0) is 10.8. The van der Waals surface area contributed by atoms with E-state index in [0.717, 1.165) is 18.4 Å². The first-order chi connectivity index (χ1) is 7.18. The Kier molecular flexibility index (Phi) is 2.73. The Hall–Kier alpha value is -1.35. The molecular weight excluding hydrogens is 188 g/mol. The van der Waals surface area contributed by atoms with Crippen LogP contribution in [0.4, 0.5) is 0 Å². The van der Waals surface area contributed by atoms with Crippen LogP contribution in [0.15, 0.2) is 18.2 Å². The summed E-state index contributed by atoms with van der Waals surface area (Å²) in [6, 6.07) is 5.35. The van der Waals surface area contributed by atoms with Gasteiger partial charge in [0.05, 0.1) is 0 Å². The van der Waals surface area contributed by atoms with E-state index in [1.807, 2.05) is 12.1 Å². The molecule has 1 aromatic carbocycles. The molecule has 3 nitrogen and oxygen atoms in total. The summed E-state index contributed by atoms with van der Waals surface area (Å²) in [5.41, 5.74) is 14.4. The van der Waals surface area contributed by atoms with Crippen molar-refractivity contribution in [2.45, 2.75) is 31.7 Å². The Bertz CT molecular complexity index is 387. The van der Waals surface area contributed by atoms with Crippen molar-refractivity contribution in [1.29, 1.82) is 0 Å². The van der Waals surface area contributed by atoms with Gasteiger partial charge in [0.15, 0.2) is 0 Å². The molecule has 1 aromatic rings. The van der Waals surface area contributed by atoms with E-state index in [4.69, 9.17) is 11.5 Å². The Labute approximate surface area is 89.5 Å². The van der Waals surface area contributed by atoms with Crippen LogP contribution in [0.2, 0.25) is 0 Å². The van der Waals surface area contributed by atoms with E-state index < -0.39 is 11.9 Å². The summed E-state index contributed by atoms with van der Waals surface area (Å²) in [7, 11) is 0. The van der Waals surface area contributed by atoms with Crippen molar-refractivity contribution >= 4 is 5.91 Å². The van der Waals surface area contributed by atoms with E-state index in [1.165, 1.54) is 24.0 Å². The topological polar surface area (TPSA) is 69.1 Å². The number of amides is 1. The van der Waals surface area contributed by atoms with Gasteiger partial charge in [0.1, 0.15) is 6.04 Å². The van der Waals surface area contributed by atoms with Crippen LogP contribution in [0.25, 0.3) is 0 Å². The van der Waals surface area contributed by atoms with Crippen LogP contribution in [-0.4, -0.2) is 5.91 Å². The van der Waals surface area contributed by atoms with Crippen molar-refractivity contribution in [1.82, 2.24) is 0 Å². The van der Waals surface area contributed by atoms with Crippen LogP contribution in [0.5, 0.6) is 0 Å². The molecule has 80 valence electrons. The average Bonchev–Trinajstić information content (AvgIpc) is 2.27.